The molecule has 0 aliphatic rings. The van der Waals surface area contributed by atoms with Gasteiger partial charge >= 0.3 is 17.9 Å². The number of hydrogen-bond donors (Lipinski definition) is 0. The molecular weight excluding hydrogens is 240 g/mol. The summed E-state index contributed by atoms with van der Waals surface area (Å²) >= 11 is 0. The maximum atomic E-state index is 11.6. The van der Waals surface area contributed by atoms with E-state index in [0.717, 1.165) is 6.92 Å². The molecule has 0 aromatic heterocycles. The summed E-state index contributed by atoms with van der Waals surface area (Å²) in [6.45, 7) is 8.07. The monoisotopic (exact) mass is 258 g/mol. The third-order valence-electron chi connectivity index (χ3n) is 1.95. The van der Waals surface area contributed by atoms with Gasteiger partial charge in [0.05, 0.1) is 13.2 Å². The van der Waals surface area contributed by atoms with E-state index in [1.165, 1.54) is 6.08 Å². The van der Waals surface area contributed by atoms with E-state index in [1.54, 1.807) is 13.8 Å². The molecule has 0 bridgehead atoms. The molecule has 0 N–H and O–H groups in total. The van der Waals surface area contributed by atoms with Crippen LogP contribution in [0, 0.1) is 5.92 Å². The first-order chi connectivity index (χ1) is 8.47. The molecule has 0 spiro atoms. The summed E-state index contributed by atoms with van der Waals surface area (Å²) in [5.41, 5.74) is 0. The summed E-state index contributed by atoms with van der Waals surface area (Å²) in [6, 6.07) is 0. The van der Waals surface area contributed by atoms with Gasteiger partial charge in [0.15, 0.2) is 0 Å². The normalized spacial score (nSPS) is 13.1. The van der Waals surface area contributed by atoms with Gasteiger partial charge in [0.2, 0.25) is 6.10 Å². The van der Waals surface area contributed by atoms with Crippen molar-refractivity contribution in [3.63, 3.8) is 0 Å². The summed E-state index contributed by atoms with van der Waals surface area (Å²) in [6.07, 6.45) is -0.165. The molecule has 0 aliphatic heterocycles. The number of hydrogen-bond acceptors (Lipinski definition) is 6. The van der Waals surface area contributed by atoms with Gasteiger partial charge in [0.1, 0.15) is 5.92 Å². The van der Waals surface area contributed by atoms with Gasteiger partial charge in [-0.25, -0.2) is 4.79 Å². The van der Waals surface area contributed by atoms with Crippen LogP contribution in [0.1, 0.15) is 20.8 Å². The topological polar surface area (TPSA) is 78.9 Å². The maximum absolute atomic E-state index is 11.6. The summed E-state index contributed by atoms with van der Waals surface area (Å²) in [5, 5.41) is 0. The van der Waals surface area contributed by atoms with Gasteiger partial charge in [-0.3, -0.25) is 9.59 Å². The van der Waals surface area contributed by atoms with Crippen molar-refractivity contribution < 1.29 is 28.6 Å². The van der Waals surface area contributed by atoms with Crippen LogP contribution in [0.25, 0.3) is 0 Å². The van der Waals surface area contributed by atoms with E-state index in [1.807, 2.05) is 0 Å². The average molecular weight is 258 g/mol. The minimum Gasteiger partial charge on any atom is -0.465 e. The lowest BCUT2D eigenvalue weighted by Crippen LogP contribution is -2.39. The van der Waals surface area contributed by atoms with Crippen LogP contribution in [-0.4, -0.2) is 37.2 Å². The average Bonchev–Trinajstić information content (AvgIpc) is 2.28. The molecule has 0 amide bonds. The third-order valence-corrected chi connectivity index (χ3v) is 1.95. The van der Waals surface area contributed by atoms with Crippen molar-refractivity contribution in [2.75, 3.05) is 13.2 Å². The van der Waals surface area contributed by atoms with Crippen molar-refractivity contribution >= 4 is 17.9 Å². The van der Waals surface area contributed by atoms with Crippen LogP contribution >= 0.6 is 0 Å². The highest BCUT2D eigenvalue weighted by molar-refractivity contribution is 5.87. The number of esters is 3. The quantitative estimate of drug-likeness (QED) is 0.382. The molecule has 6 heteroatoms. The van der Waals surface area contributed by atoms with Crippen LogP contribution in [0.15, 0.2) is 12.7 Å². The minimum atomic E-state index is -1.36. The van der Waals surface area contributed by atoms with E-state index in [4.69, 9.17) is 14.2 Å². The Bertz CT molecular complexity index is 323. The third kappa shape index (κ3) is 4.99. The molecule has 0 heterocycles. The first kappa shape index (κ1) is 16.1. The molecule has 6 nitrogen and oxygen atoms in total. The van der Waals surface area contributed by atoms with Crippen molar-refractivity contribution in [3.05, 3.63) is 12.7 Å². The van der Waals surface area contributed by atoms with Crippen LogP contribution in [0.5, 0.6) is 0 Å². The zero-order valence-electron chi connectivity index (χ0n) is 10.8. The smallest absolute Gasteiger partial charge is 0.348 e. The predicted octanol–water partition coefficient (Wildman–Crippen LogP) is 0.846. The SMILES string of the molecule is C=C[C@H](C(=O)OCC)[C@@H](OC(C)=O)C(=O)OCC. The number of carbonyl (C=O) groups is 3. The van der Waals surface area contributed by atoms with E-state index in [-0.39, 0.29) is 13.2 Å². The standard InChI is InChI=1S/C12H18O6/c1-5-9(11(14)16-6-2)10(18-8(4)13)12(15)17-7-3/h5,9-10H,1,6-7H2,2-4H3/t9-,10+/m0/s1. The van der Waals surface area contributed by atoms with Crippen LogP contribution in [0.2, 0.25) is 0 Å². The Morgan fingerprint density at radius 3 is 2.00 bits per heavy atom. The molecule has 0 fully saturated rings. The lowest BCUT2D eigenvalue weighted by Gasteiger charge is -2.20. The highest BCUT2D eigenvalue weighted by Gasteiger charge is 2.36. The minimum absolute atomic E-state index is 0.114. The Kier molecular flexibility index (Phi) is 7.42. The van der Waals surface area contributed by atoms with Crippen LogP contribution < -0.4 is 0 Å². The highest BCUT2D eigenvalue weighted by atomic mass is 16.6. The van der Waals surface area contributed by atoms with E-state index in [0.29, 0.717) is 0 Å². The van der Waals surface area contributed by atoms with E-state index >= 15 is 0 Å². The van der Waals surface area contributed by atoms with Crippen molar-refractivity contribution in [3.8, 4) is 0 Å². The number of carbonyl (C=O) groups excluding carboxylic acids is 3. The molecule has 102 valence electrons. The fourth-order valence-electron chi connectivity index (χ4n) is 1.25. The van der Waals surface area contributed by atoms with Gasteiger partial charge in [-0.15, -0.1) is 6.58 Å². The predicted molar refractivity (Wildman–Crippen MR) is 62.5 cm³/mol. The first-order valence-electron chi connectivity index (χ1n) is 5.60. The lowest BCUT2D eigenvalue weighted by molar-refractivity contribution is -0.174. The van der Waals surface area contributed by atoms with Crippen LogP contribution in [-0.2, 0) is 28.6 Å². The molecule has 0 saturated carbocycles. The van der Waals surface area contributed by atoms with Crippen molar-refractivity contribution in [1.29, 1.82) is 0 Å². The van der Waals surface area contributed by atoms with Gasteiger partial charge in [0, 0.05) is 6.92 Å². The highest BCUT2D eigenvalue weighted by Crippen LogP contribution is 2.14. The number of rotatable bonds is 7. The zero-order chi connectivity index (χ0) is 14.1. The van der Waals surface area contributed by atoms with Gasteiger partial charge in [-0.05, 0) is 13.8 Å². The van der Waals surface area contributed by atoms with Gasteiger partial charge in [-0.1, -0.05) is 6.08 Å². The Morgan fingerprint density at radius 1 is 1.11 bits per heavy atom. The van der Waals surface area contributed by atoms with Gasteiger partial charge < -0.3 is 14.2 Å². The fourth-order valence-corrected chi connectivity index (χ4v) is 1.25. The molecule has 0 aromatic rings. The second kappa shape index (κ2) is 8.27. The van der Waals surface area contributed by atoms with Gasteiger partial charge in [-0.2, -0.15) is 0 Å². The molecule has 18 heavy (non-hydrogen) atoms. The molecule has 0 aromatic carbocycles. The second-order valence-electron chi connectivity index (χ2n) is 3.30. The summed E-state index contributed by atoms with van der Waals surface area (Å²) < 4.78 is 14.3. The Morgan fingerprint density at radius 2 is 1.61 bits per heavy atom. The Balaban J connectivity index is 4.99. The molecule has 0 saturated heterocycles. The Labute approximate surface area is 106 Å². The molecule has 0 radical (unpaired) electrons. The molecule has 2 atom stereocenters. The second-order valence-corrected chi connectivity index (χ2v) is 3.30. The molecule has 0 rings (SSSR count). The maximum Gasteiger partial charge on any atom is 0.348 e. The molecule has 0 unspecified atom stereocenters. The van der Waals surface area contributed by atoms with Crippen molar-refractivity contribution in [2.24, 2.45) is 5.92 Å². The van der Waals surface area contributed by atoms with Crippen molar-refractivity contribution in [2.45, 2.75) is 26.9 Å². The van der Waals surface area contributed by atoms with Crippen LogP contribution in [0.3, 0.4) is 0 Å². The van der Waals surface area contributed by atoms with E-state index in [9.17, 15) is 14.4 Å². The van der Waals surface area contributed by atoms with Crippen molar-refractivity contribution in [1.82, 2.24) is 0 Å². The summed E-state index contributed by atoms with van der Waals surface area (Å²) in [4.78, 5) is 34.2. The fraction of sp³-hybridized carbons (Fsp3) is 0.583. The van der Waals surface area contributed by atoms with E-state index < -0.39 is 29.9 Å². The van der Waals surface area contributed by atoms with Gasteiger partial charge in [0.25, 0.3) is 0 Å². The zero-order valence-corrected chi connectivity index (χ0v) is 10.8. The number of ether oxygens (including phenoxy) is 3. The lowest BCUT2D eigenvalue weighted by atomic mass is 10.0. The Hall–Kier alpha value is -1.85. The first-order valence-corrected chi connectivity index (χ1v) is 5.60. The largest absolute Gasteiger partial charge is 0.465 e. The molecule has 0 aliphatic carbocycles. The van der Waals surface area contributed by atoms with E-state index in [2.05, 4.69) is 6.58 Å². The summed E-state index contributed by atoms with van der Waals surface area (Å²) in [5.74, 6) is -3.26. The molecular formula is C12H18O6. The summed E-state index contributed by atoms with van der Waals surface area (Å²) in [7, 11) is 0. The van der Waals surface area contributed by atoms with Crippen LogP contribution in [0.4, 0.5) is 0 Å².